The molecular formula is C21H23N3O2. The monoisotopic (exact) mass is 349 g/mol. The molecule has 5 heteroatoms. The highest BCUT2D eigenvalue weighted by atomic mass is 16.1. The molecule has 3 rings (SSSR count). The van der Waals surface area contributed by atoms with E-state index in [0.717, 1.165) is 16.6 Å². The summed E-state index contributed by atoms with van der Waals surface area (Å²) in [5.41, 5.74) is 3.21. The molecule has 3 aromatic rings. The predicted molar refractivity (Wildman–Crippen MR) is 106 cm³/mol. The van der Waals surface area contributed by atoms with Gasteiger partial charge in [0.25, 0.3) is 11.5 Å². The summed E-state index contributed by atoms with van der Waals surface area (Å²) in [5, 5.41) is 3.92. The average molecular weight is 349 g/mol. The smallest absolute Gasteiger partial charge is 0.254 e. The van der Waals surface area contributed by atoms with Gasteiger partial charge in [0.1, 0.15) is 0 Å². The molecular weight excluding hydrogens is 326 g/mol. The maximum Gasteiger partial charge on any atom is 0.254 e. The number of hydrogen-bond acceptors (Lipinski definition) is 3. The molecule has 0 radical (unpaired) electrons. The molecule has 0 spiro atoms. The Balaban J connectivity index is 1.72. The number of para-hydroxylation sites is 1. The Kier molecular flexibility index (Phi) is 5.07. The van der Waals surface area contributed by atoms with Crippen LogP contribution < -0.4 is 15.8 Å². The van der Waals surface area contributed by atoms with Crippen molar-refractivity contribution in [1.82, 2.24) is 9.88 Å². The van der Waals surface area contributed by atoms with Gasteiger partial charge < -0.3 is 14.8 Å². The fraction of sp³-hybridized carbons (Fsp3) is 0.238. The minimum Gasteiger partial charge on any atom is -0.378 e. The number of pyridine rings is 1. The van der Waals surface area contributed by atoms with Crippen LogP contribution in [0, 0.1) is 6.92 Å². The van der Waals surface area contributed by atoms with Crippen molar-refractivity contribution in [2.24, 2.45) is 0 Å². The van der Waals surface area contributed by atoms with Crippen LogP contribution in [0.5, 0.6) is 0 Å². The van der Waals surface area contributed by atoms with Gasteiger partial charge in [0.05, 0.1) is 5.52 Å². The second-order valence-electron chi connectivity index (χ2n) is 6.54. The largest absolute Gasteiger partial charge is 0.378 e. The maximum atomic E-state index is 12.5. The van der Waals surface area contributed by atoms with E-state index in [-0.39, 0.29) is 11.5 Å². The second-order valence-corrected chi connectivity index (χ2v) is 6.54. The Bertz CT molecular complexity index is 988. The first-order valence-corrected chi connectivity index (χ1v) is 8.62. The molecule has 1 heterocycles. The van der Waals surface area contributed by atoms with Gasteiger partial charge in [-0.05, 0) is 48.7 Å². The van der Waals surface area contributed by atoms with Gasteiger partial charge in [0.2, 0.25) is 0 Å². The molecule has 0 saturated heterocycles. The molecule has 1 N–H and O–H groups in total. The number of rotatable bonds is 5. The van der Waals surface area contributed by atoms with E-state index < -0.39 is 0 Å². The van der Waals surface area contributed by atoms with E-state index in [1.807, 2.05) is 68.4 Å². The molecule has 0 aliphatic rings. The number of benzene rings is 2. The molecule has 0 saturated carbocycles. The van der Waals surface area contributed by atoms with Crippen LogP contribution in [0.4, 0.5) is 5.69 Å². The van der Waals surface area contributed by atoms with E-state index in [9.17, 15) is 9.59 Å². The predicted octanol–water partition coefficient (Wildman–Crippen LogP) is 2.81. The summed E-state index contributed by atoms with van der Waals surface area (Å²) in [6.07, 6.45) is 0. The summed E-state index contributed by atoms with van der Waals surface area (Å²) in [7, 11) is 3.91. The zero-order chi connectivity index (χ0) is 18.7. The van der Waals surface area contributed by atoms with Crippen molar-refractivity contribution in [1.29, 1.82) is 0 Å². The van der Waals surface area contributed by atoms with Gasteiger partial charge in [0.15, 0.2) is 0 Å². The van der Waals surface area contributed by atoms with Gasteiger partial charge in [-0.25, -0.2) is 0 Å². The normalized spacial score (nSPS) is 10.7. The molecule has 0 unspecified atom stereocenters. The number of anilines is 1. The van der Waals surface area contributed by atoms with Crippen LogP contribution in [0.15, 0.2) is 59.4 Å². The van der Waals surface area contributed by atoms with Gasteiger partial charge in [0, 0.05) is 44.0 Å². The minimum absolute atomic E-state index is 0.0201. The number of fused-ring (bicyclic) bond motifs is 1. The molecule has 0 aliphatic carbocycles. The van der Waals surface area contributed by atoms with Crippen LogP contribution in [0.3, 0.4) is 0 Å². The lowest BCUT2D eigenvalue weighted by Gasteiger charge is -2.14. The fourth-order valence-electron chi connectivity index (χ4n) is 2.99. The van der Waals surface area contributed by atoms with Crippen molar-refractivity contribution in [3.05, 3.63) is 76.1 Å². The molecule has 134 valence electrons. The van der Waals surface area contributed by atoms with Crippen LogP contribution in [0.25, 0.3) is 10.9 Å². The number of aryl methyl sites for hydroxylation is 1. The van der Waals surface area contributed by atoms with Gasteiger partial charge in [-0.1, -0.05) is 18.2 Å². The highest BCUT2D eigenvalue weighted by Gasteiger charge is 2.08. The van der Waals surface area contributed by atoms with Gasteiger partial charge >= 0.3 is 0 Å². The number of nitrogens with one attached hydrogen (secondary N) is 1. The van der Waals surface area contributed by atoms with E-state index in [1.54, 1.807) is 16.7 Å². The summed E-state index contributed by atoms with van der Waals surface area (Å²) in [6.45, 7) is 2.64. The molecule has 0 fully saturated rings. The van der Waals surface area contributed by atoms with E-state index in [2.05, 4.69) is 5.32 Å². The Hall–Kier alpha value is -3.08. The molecule has 1 amide bonds. The zero-order valence-electron chi connectivity index (χ0n) is 15.3. The zero-order valence-corrected chi connectivity index (χ0v) is 15.3. The lowest BCUT2D eigenvalue weighted by Crippen LogP contribution is -2.31. The Labute approximate surface area is 152 Å². The Morgan fingerprint density at radius 2 is 1.77 bits per heavy atom. The van der Waals surface area contributed by atoms with Crippen LogP contribution in [-0.2, 0) is 6.54 Å². The van der Waals surface area contributed by atoms with E-state index in [1.165, 1.54) is 0 Å². The van der Waals surface area contributed by atoms with Crippen LogP contribution in [-0.4, -0.2) is 31.1 Å². The summed E-state index contributed by atoms with van der Waals surface area (Å²) in [5.74, 6) is -0.139. The lowest BCUT2D eigenvalue weighted by molar-refractivity contribution is 0.0952. The number of carbonyl (C=O) groups excluding carboxylic acids is 1. The molecule has 1 aromatic heterocycles. The Morgan fingerprint density at radius 3 is 2.46 bits per heavy atom. The van der Waals surface area contributed by atoms with E-state index >= 15 is 0 Å². The van der Waals surface area contributed by atoms with Gasteiger partial charge in [-0.2, -0.15) is 0 Å². The first-order chi connectivity index (χ1) is 12.5. The topological polar surface area (TPSA) is 54.3 Å². The lowest BCUT2D eigenvalue weighted by atomic mass is 10.1. The number of hydrogen-bond donors (Lipinski definition) is 1. The third-order valence-electron chi connectivity index (χ3n) is 4.45. The van der Waals surface area contributed by atoms with E-state index in [4.69, 9.17) is 0 Å². The third kappa shape index (κ3) is 3.61. The van der Waals surface area contributed by atoms with Gasteiger partial charge in [-0.3, -0.25) is 9.59 Å². The van der Waals surface area contributed by atoms with Crippen molar-refractivity contribution < 1.29 is 4.79 Å². The van der Waals surface area contributed by atoms with Gasteiger partial charge in [-0.15, -0.1) is 0 Å². The molecule has 0 atom stereocenters. The first kappa shape index (κ1) is 17.7. The van der Waals surface area contributed by atoms with Crippen LogP contribution >= 0.6 is 0 Å². The van der Waals surface area contributed by atoms with Crippen LogP contribution in [0.1, 0.15) is 15.9 Å². The fourth-order valence-corrected chi connectivity index (χ4v) is 2.99. The second kappa shape index (κ2) is 7.44. The molecule has 5 nitrogen and oxygen atoms in total. The van der Waals surface area contributed by atoms with E-state index in [0.29, 0.717) is 24.2 Å². The molecule has 2 aromatic carbocycles. The van der Waals surface area contributed by atoms with Crippen molar-refractivity contribution in [3.63, 3.8) is 0 Å². The maximum absolute atomic E-state index is 12.5. The molecule has 0 aliphatic heterocycles. The summed E-state index contributed by atoms with van der Waals surface area (Å²) < 4.78 is 1.72. The van der Waals surface area contributed by atoms with Crippen molar-refractivity contribution in [3.8, 4) is 0 Å². The minimum atomic E-state index is -0.139. The van der Waals surface area contributed by atoms with Crippen molar-refractivity contribution in [2.45, 2.75) is 13.5 Å². The molecule has 0 bridgehead atoms. The summed E-state index contributed by atoms with van der Waals surface area (Å²) >= 11 is 0. The SMILES string of the molecule is Cc1cc2ccccc2n(CCNC(=O)c2ccc(N(C)C)cc2)c1=O. The highest BCUT2D eigenvalue weighted by molar-refractivity contribution is 5.94. The van der Waals surface area contributed by atoms with Crippen LogP contribution in [0.2, 0.25) is 0 Å². The molecule has 26 heavy (non-hydrogen) atoms. The highest BCUT2D eigenvalue weighted by Crippen LogP contribution is 2.13. The third-order valence-corrected chi connectivity index (χ3v) is 4.45. The standard InChI is InChI=1S/C21H23N3O2/c1-15-14-17-6-4-5-7-19(17)24(21(15)26)13-12-22-20(25)16-8-10-18(11-9-16)23(2)3/h4-11,14H,12-13H2,1-3H3,(H,22,25). The number of aromatic nitrogens is 1. The number of amides is 1. The quantitative estimate of drug-likeness (QED) is 0.771. The van der Waals surface area contributed by atoms with Crippen molar-refractivity contribution >= 4 is 22.5 Å². The summed E-state index contributed by atoms with van der Waals surface area (Å²) in [6, 6.07) is 17.1. The average Bonchev–Trinajstić information content (AvgIpc) is 2.64. The Morgan fingerprint density at radius 1 is 1.08 bits per heavy atom. The summed E-state index contributed by atoms with van der Waals surface area (Å²) in [4.78, 5) is 26.8. The number of nitrogens with zero attached hydrogens (tertiary/aromatic N) is 2. The first-order valence-electron chi connectivity index (χ1n) is 8.62. The van der Waals surface area contributed by atoms with Crippen molar-refractivity contribution in [2.75, 3.05) is 25.5 Å². The number of carbonyl (C=O) groups is 1.